The molecule has 5 heteroatoms. The van der Waals surface area contributed by atoms with E-state index in [4.69, 9.17) is 10.5 Å². The lowest BCUT2D eigenvalue weighted by atomic mass is 10.1. The maximum atomic E-state index is 12.0. The van der Waals surface area contributed by atoms with Gasteiger partial charge in [-0.2, -0.15) is 0 Å². The van der Waals surface area contributed by atoms with Crippen molar-refractivity contribution in [2.75, 3.05) is 26.2 Å². The highest BCUT2D eigenvalue weighted by Crippen LogP contribution is 2.10. The molecule has 0 aromatic heterocycles. The van der Waals surface area contributed by atoms with Crippen molar-refractivity contribution in [3.05, 3.63) is 35.4 Å². The van der Waals surface area contributed by atoms with Crippen LogP contribution in [0.25, 0.3) is 0 Å². The minimum Gasteiger partial charge on any atom is -0.373 e. The molecule has 1 fully saturated rings. The molecule has 0 spiro atoms. The zero-order valence-electron chi connectivity index (χ0n) is 13.5. The summed E-state index contributed by atoms with van der Waals surface area (Å²) in [5.41, 5.74) is 7.27. The van der Waals surface area contributed by atoms with Gasteiger partial charge in [0.25, 0.3) is 5.91 Å². The van der Waals surface area contributed by atoms with Crippen molar-refractivity contribution in [2.24, 2.45) is 5.73 Å². The Morgan fingerprint density at radius 3 is 2.50 bits per heavy atom. The Kier molecular flexibility index (Phi) is 6.36. The first-order valence-electron chi connectivity index (χ1n) is 8.03. The summed E-state index contributed by atoms with van der Waals surface area (Å²) in [4.78, 5) is 14.4. The smallest absolute Gasteiger partial charge is 0.251 e. The lowest BCUT2D eigenvalue weighted by Crippen LogP contribution is -2.46. The minimum absolute atomic E-state index is 0.0210. The molecule has 122 valence electrons. The van der Waals surface area contributed by atoms with Gasteiger partial charge in [0.1, 0.15) is 0 Å². The Balaban J connectivity index is 1.68. The van der Waals surface area contributed by atoms with E-state index < -0.39 is 0 Å². The van der Waals surface area contributed by atoms with Gasteiger partial charge in [-0.1, -0.05) is 12.1 Å². The number of carbonyl (C=O) groups excluding carboxylic acids is 1. The number of benzene rings is 1. The van der Waals surface area contributed by atoms with Gasteiger partial charge in [0.2, 0.25) is 0 Å². The standard InChI is InChI=1S/C17H27N3O2/c1-13-11-20(12-14(2)22-13)9-3-8-19-17(21)16-6-4-15(10-18)5-7-16/h4-7,13-14H,3,8-12,18H2,1-2H3,(H,19,21). The molecule has 1 aliphatic heterocycles. The third kappa shape index (κ3) is 5.09. The normalized spacial score (nSPS) is 22.5. The zero-order valence-corrected chi connectivity index (χ0v) is 13.5. The van der Waals surface area contributed by atoms with E-state index in [1.165, 1.54) is 0 Å². The number of hydrogen-bond donors (Lipinski definition) is 2. The maximum Gasteiger partial charge on any atom is 0.251 e. The number of morpholine rings is 1. The van der Waals surface area contributed by atoms with Gasteiger partial charge in [-0.05, 0) is 38.0 Å². The average Bonchev–Trinajstić information content (AvgIpc) is 2.50. The second kappa shape index (κ2) is 8.27. The van der Waals surface area contributed by atoms with Crippen LogP contribution in [0.2, 0.25) is 0 Å². The molecule has 0 radical (unpaired) electrons. The van der Waals surface area contributed by atoms with E-state index in [-0.39, 0.29) is 5.91 Å². The highest BCUT2D eigenvalue weighted by molar-refractivity contribution is 5.94. The number of nitrogens with one attached hydrogen (secondary N) is 1. The third-order valence-electron chi connectivity index (χ3n) is 3.88. The first-order chi connectivity index (χ1) is 10.6. The highest BCUT2D eigenvalue weighted by Gasteiger charge is 2.21. The van der Waals surface area contributed by atoms with E-state index in [2.05, 4.69) is 24.1 Å². The van der Waals surface area contributed by atoms with E-state index in [0.717, 1.165) is 31.6 Å². The van der Waals surface area contributed by atoms with Crippen molar-refractivity contribution < 1.29 is 9.53 Å². The summed E-state index contributed by atoms with van der Waals surface area (Å²) in [6.45, 7) is 8.34. The molecule has 1 aliphatic rings. The molecule has 22 heavy (non-hydrogen) atoms. The molecule has 1 aromatic carbocycles. The van der Waals surface area contributed by atoms with Crippen LogP contribution in [-0.2, 0) is 11.3 Å². The van der Waals surface area contributed by atoms with Gasteiger partial charge in [-0.25, -0.2) is 0 Å². The fraction of sp³-hybridized carbons (Fsp3) is 0.588. The van der Waals surface area contributed by atoms with E-state index in [1.807, 2.05) is 24.3 Å². The largest absolute Gasteiger partial charge is 0.373 e. The van der Waals surface area contributed by atoms with Crippen LogP contribution in [0.1, 0.15) is 36.2 Å². The van der Waals surface area contributed by atoms with Crippen LogP contribution in [0.5, 0.6) is 0 Å². The van der Waals surface area contributed by atoms with E-state index in [9.17, 15) is 4.79 Å². The molecule has 0 bridgehead atoms. The molecule has 0 aliphatic carbocycles. The summed E-state index contributed by atoms with van der Waals surface area (Å²) in [6.07, 6.45) is 1.53. The van der Waals surface area contributed by atoms with Gasteiger partial charge in [-0.15, -0.1) is 0 Å². The van der Waals surface area contributed by atoms with Crippen LogP contribution in [0.4, 0.5) is 0 Å². The summed E-state index contributed by atoms with van der Waals surface area (Å²) in [6, 6.07) is 7.43. The van der Waals surface area contributed by atoms with E-state index in [0.29, 0.717) is 30.9 Å². The molecule has 2 atom stereocenters. The van der Waals surface area contributed by atoms with Crippen molar-refractivity contribution in [2.45, 2.75) is 39.0 Å². The van der Waals surface area contributed by atoms with Crippen molar-refractivity contribution >= 4 is 5.91 Å². The number of nitrogens with two attached hydrogens (primary N) is 1. The first-order valence-corrected chi connectivity index (χ1v) is 8.03. The number of ether oxygens (including phenoxy) is 1. The van der Waals surface area contributed by atoms with Crippen LogP contribution in [0.15, 0.2) is 24.3 Å². The summed E-state index contributed by atoms with van der Waals surface area (Å²) in [7, 11) is 0. The molecular weight excluding hydrogens is 278 g/mol. The fourth-order valence-electron chi connectivity index (χ4n) is 2.87. The highest BCUT2D eigenvalue weighted by atomic mass is 16.5. The Labute approximate surface area is 132 Å². The second-order valence-electron chi connectivity index (χ2n) is 6.03. The minimum atomic E-state index is -0.0210. The molecule has 1 heterocycles. The van der Waals surface area contributed by atoms with Crippen LogP contribution >= 0.6 is 0 Å². The molecule has 1 saturated heterocycles. The van der Waals surface area contributed by atoms with Crippen molar-refractivity contribution in [1.29, 1.82) is 0 Å². The van der Waals surface area contributed by atoms with Crippen molar-refractivity contribution in [1.82, 2.24) is 10.2 Å². The Morgan fingerprint density at radius 2 is 1.91 bits per heavy atom. The number of rotatable bonds is 6. The van der Waals surface area contributed by atoms with Gasteiger partial charge in [0.15, 0.2) is 0 Å². The first kappa shape index (κ1) is 16.9. The quantitative estimate of drug-likeness (QED) is 0.779. The summed E-state index contributed by atoms with van der Waals surface area (Å²) >= 11 is 0. The van der Waals surface area contributed by atoms with Crippen molar-refractivity contribution in [3.63, 3.8) is 0 Å². The van der Waals surface area contributed by atoms with Gasteiger partial charge < -0.3 is 15.8 Å². The number of hydrogen-bond acceptors (Lipinski definition) is 4. The van der Waals surface area contributed by atoms with E-state index in [1.54, 1.807) is 0 Å². The number of carbonyl (C=O) groups is 1. The monoisotopic (exact) mass is 305 g/mol. The molecule has 2 rings (SSSR count). The van der Waals surface area contributed by atoms with Crippen LogP contribution < -0.4 is 11.1 Å². The lowest BCUT2D eigenvalue weighted by Gasteiger charge is -2.35. The van der Waals surface area contributed by atoms with Gasteiger partial charge in [0.05, 0.1) is 12.2 Å². The van der Waals surface area contributed by atoms with Gasteiger partial charge in [0, 0.05) is 38.3 Å². The fourth-order valence-corrected chi connectivity index (χ4v) is 2.87. The van der Waals surface area contributed by atoms with Crippen LogP contribution in [-0.4, -0.2) is 49.2 Å². The topological polar surface area (TPSA) is 67.6 Å². The molecule has 2 unspecified atom stereocenters. The number of nitrogens with zero attached hydrogens (tertiary/aromatic N) is 1. The Morgan fingerprint density at radius 1 is 1.27 bits per heavy atom. The molecule has 3 N–H and O–H groups in total. The summed E-state index contributed by atoms with van der Waals surface area (Å²) in [5, 5.41) is 2.97. The maximum absolute atomic E-state index is 12.0. The second-order valence-corrected chi connectivity index (χ2v) is 6.03. The van der Waals surface area contributed by atoms with Crippen LogP contribution in [0.3, 0.4) is 0 Å². The SMILES string of the molecule is CC1CN(CCCNC(=O)c2ccc(CN)cc2)CC(C)O1. The predicted molar refractivity (Wildman–Crippen MR) is 87.7 cm³/mol. The molecule has 1 aromatic rings. The van der Waals surface area contributed by atoms with Gasteiger partial charge in [-0.3, -0.25) is 9.69 Å². The Hall–Kier alpha value is -1.43. The number of amides is 1. The molecule has 5 nitrogen and oxygen atoms in total. The average molecular weight is 305 g/mol. The van der Waals surface area contributed by atoms with E-state index >= 15 is 0 Å². The Bertz CT molecular complexity index is 465. The molecular formula is C17H27N3O2. The van der Waals surface area contributed by atoms with Gasteiger partial charge >= 0.3 is 0 Å². The van der Waals surface area contributed by atoms with Crippen molar-refractivity contribution in [3.8, 4) is 0 Å². The molecule has 0 saturated carbocycles. The van der Waals surface area contributed by atoms with Crippen LogP contribution in [0, 0.1) is 0 Å². The summed E-state index contributed by atoms with van der Waals surface area (Å²) in [5.74, 6) is -0.0210. The molecule has 1 amide bonds. The predicted octanol–water partition coefficient (Wildman–Crippen LogP) is 1.37. The third-order valence-corrected chi connectivity index (χ3v) is 3.88. The zero-order chi connectivity index (χ0) is 15.9. The summed E-state index contributed by atoms with van der Waals surface area (Å²) < 4.78 is 5.72. The lowest BCUT2D eigenvalue weighted by molar-refractivity contribution is -0.0679.